The summed E-state index contributed by atoms with van der Waals surface area (Å²) in [4.78, 5) is 16.7. The Hall–Kier alpha value is -2.70. The van der Waals surface area contributed by atoms with Crippen LogP contribution < -0.4 is 15.4 Å². The minimum atomic E-state index is -0.0597. The van der Waals surface area contributed by atoms with Crippen molar-refractivity contribution in [3.05, 3.63) is 75.2 Å². The van der Waals surface area contributed by atoms with Crippen LogP contribution in [0, 0.1) is 20.8 Å². The number of anilines is 1. The first-order valence-electron chi connectivity index (χ1n) is 9.21. The highest BCUT2D eigenvalue weighted by atomic mass is 32.1. The van der Waals surface area contributed by atoms with E-state index in [2.05, 4.69) is 15.6 Å². The summed E-state index contributed by atoms with van der Waals surface area (Å²) >= 11 is 1.56. The third-order valence-corrected chi connectivity index (χ3v) is 5.19. The Kier molecular flexibility index (Phi) is 6.79. The number of carbonyl (C=O) groups excluding carboxylic acids is 1. The summed E-state index contributed by atoms with van der Waals surface area (Å²) in [5, 5.41) is 9.02. The number of amides is 1. The molecule has 28 heavy (non-hydrogen) atoms. The van der Waals surface area contributed by atoms with Gasteiger partial charge in [-0.25, -0.2) is 4.98 Å². The van der Waals surface area contributed by atoms with Gasteiger partial charge in [0.25, 0.3) is 0 Å². The van der Waals surface area contributed by atoms with E-state index in [0.29, 0.717) is 13.2 Å². The molecular formula is C22H25N3O2S. The van der Waals surface area contributed by atoms with Crippen molar-refractivity contribution in [2.45, 2.75) is 33.9 Å². The number of hydrogen-bond donors (Lipinski definition) is 2. The molecule has 0 spiro atoms. The van der Waals surface area contributed by atoms with Crippen LogP contribution in [-0.4, -0.2) is 17.4 Å². The van der Waals surface area contributed by atoms with Gasteiger partial charge in [0.05, 0.1) is 12.2 Å². The highest BCUT2D eigenvalue weighted by molar-refractivity contribution is 7.09. The third-order valence-electron chi connectivity index (χ3n) is 4.32. The number of hydrogen-bond acceptors (Lipinski definition) is 5. The standard InChI is InChI=1S/C22H25N3O2S/c1-15-7-9-19(10-8-15)27-13-21-24-18(14-28-21)11-23-12-20(26)25-22-16(2)5-4-6-17(22)3/h4-10,14,23H,11-13H2,1-3H3,(H,25,26). The minimum Gasteiger partial charge on any atom is -0.486 e. The second kappa shape index (κ2) is 9.48. The van der Waals surface area contributed by atoms with Gasteiger partial charge in [-0.2, -0.15) is 0 Å². The fraction of sp³-hybridized carbons (Fsp3) is 0.273. The number of ether oxygens (including phenoxy) is 1. The van der Waals surface area contributed by atoms with Crippen LogP contribution >= 0.6 is 11.3 Å². The first-order chi connectivity index (χ1) is 13.5. The monoisotopic (exact) mass is 395 g/mol. The van der Waals surface area contributed by atoms with E-state index in [1.807, 2.05) is 68.6 Å². The minimum absolute atomic E-state index is 0.0597. The van der Waals surface area contributed by atoms with Crippen LogP contribution in [0.4, 0.5) is 5.69 Å². The lowest BCUT2D eigenvalue weighted by atomic mass is 10.1. The number of thiazole rings is 1. The molecular weight excluding hydrogens is 370 g/mol. The number of nitrogens with zero attached hydrogens (tertiary/aromatic N) is 1. The van der Waals surface area contributed by atoms with Gasteiger partial charge in [-0.05, 0) is 44.0 Å². The van der Waals surface area contributed by atoms with Crippen LogP contribution in [0.15, 0.2) is 47.8 Å². The third kappa shape index (κ3) is 5.65. The highest BCUT2D eigenvalue weighted by Crippen LogP contribution is 2.19. The zero-order chi connectivity index (χ0) is 19.9. The molecule has 3 aromatic rings. The van der Waals surface area contributed by atoms with Crippen LogP contribution in [0.2, 0.25) is 0 Å². The second-order valence-electron chi connectivity index (χ2n) is 6.75. The summed E-state index contributed by atoms with van der Waals surface area (Å²) in [6, 6.07) is 13.9. The Morgan fingerprint density at radius 3 is 2.50 bits per heavy atom. The van der Waals surface area contributed by atoms with E-state index in [4.69, 9.17) is 4.74 Å². The van der Waals surface area contributed by atoms with Gasteiger partial charge in [0.2, 0.25) is 5.91 Å². The van der Waals surface area contributed by atoms with Gasteiger partial charge in [-0.3, -0.25) is 4.79 Å². The van der Waals surface area contributed by atoms with Crippen LogP contribution in [0.25, 0.3) is 0 Å². The van der Waals surface area contributed by atoms with Crippen LogP contribution in [0.3, 0.4) is 0 Å². The molecule has 0 saturated heterocycles. The number of rotatable bonds is 8. The van der Waals surface area contributed by atoms with Gasteiger partial charge in [-0.1, -0.05) is 35.9 Å². The molecule has 5 nitrogen and oxygen atoms in total. The van der Waals surface area contributed by atoms with Gasteiger partial charge in [-0.15, -0.1) is 11.3 Å². The van der Waals surface area contributed by atoms with E-state index in [0.717, 1.165) is 33.3 Å². The first kappa shape index (κ1) is 20.0. The fourth-order valence-corrected chi connectivity index (χ4v) is 3.48. The van der Waals surface area contributed by atoms with E-state index < -0.39 is 0 Å². The molecule has 146 valence electrons. The smallest absolute Gasteiger partial charge is 0.238 e. The molecule has 0 unspecified atom stereocenters. The summed E-state index contributed by atoms with van der Waals surface area (Å²) in [5.74, 6) is 0.777. The van der Waals surface area contributed by atoms with Gasteiger partial charge in [0.1, 0.15) is 17.4 Å². The van der Waals surface area contributed by atoms with Gasteiger partial charge in [0.15, 0.2) is 0 Å². The molecule has 2 aromatic carbocycles. The number of carbonyl (C=O) groups is 1. The zero-order valence-electron chi connectivity index (χ0n) is 16.4. The molecule has 0 radical (unpaired) electrons. The van der Waals surface area contributed by atoms with E-state index in [1.54, 1.807) is 11.3 Å². The SMILES string of the molecule is Cc1ccc(OCc2nc(CNCC(=O)Nc3c(C)cccc3C)cs2)cc1. The van der Waals surface area contributed by atoms with Gasteiger partial charge < -0.3 is 15.4 Å². The maximum absolute atomic E-state index is 12.2. The zero-order valence-corrected chi connectivity index (χ0v) is 17.2. The normalized spacial score (nSPS) is 10.7. The Morgan fingerprint density at radius 1 is 1.07 bits per heavy atom. The van der Waals surface area contributed by atoms with Gasteiger partial charge in [0, 0.05) is 17.6 Å². The van der Waals surface area contributed by atoms with Crippen LogP contribution in [0.5, 0.6) is 5.75 Å². The molecule has 0 bridgehead atoms. The van der Waals surface area contributed by atoms with Crippen molar-refractivity contribution in [3.8, 4) is 5.75 Å². The number of aromatic nitrogens is 1. The molecule has 0 atom stereocenters. The fourth-order valence-electron chi connectivity index (χ4n) is 2.78. The van der Waals surface area contributed by atoms with E-state index >= 15 is 0 Å². The Bertz CT molecular complexity index is 915. The molecule has 1 heterocycles. The molecule has 0 saturated carbocycles. The van der Waals surface area contributed by atoms with Crippen LogP contribution in [0.1, 0.15) is 27.4 Å². The molecule has 1 aromatic heterocycles. The Balaban J connectivity index is 1.43. The Labute approximate surface area is 169 Å². The molecule has 0 aliphatic rings. The molecule has 0 fully saturated rings. The highest BCUT2D eigenvalue weighted by Gasteiger charge is 2.08. The molecule has 2 N–H and O–H groups in total. The average molecular weight is 396 g/mol. The molecule has 0 aliphatic carbocycles. The second-order valence-corrected chi connectivity index (χ2v) is 7.70. The Morgan fingerprint density at radius 2 is 1.79 bits per heavy atom. The summed E-state index contributed by atoms with van der Waals surface area (Å²) in [6.07, 6.45) is 0. The van der Waals surface area contributed by atoms with Crippen molar-refractivity contribution < 1.29 is 9.53 Å². The van der Waals surface area contributed by atoms with Crippen LogP contribution in [-0.2, 0) is 17.9 Å². The lowest BCUT2D eigenvalue weighted by molar-refractivity contribution is -0.115. The quantitative estimate of drug-likeness (QED) is 0.594. The maximum atomic E-state index is 12.2. The van der Waals surface area contributed by atoms with E-state index in [1.165, 1.54) is 5.56 Å². The molecule has 3 rings (SSSR count). The summed E-state index contributed by atoms with van der Waals surface area (Å²) < 4.78 is 5.76. The van der Waals surface area contributed by atoms with Gasteiger partial charge >= 0.3 is 0 Å². The summed E-state index contributed by atoms with van der Waals surface area (Å²) in [5.41, 5.74) is 5.12. The van der Waals surface area contributed by atoms with E-state index in [-0.39, 0.29) is 12.5 Å². The average Bonchev–Trinajstić information content (AvgIpc) is 3.12. The molecule has 1 amide bonds. The first-order valence-corrected chi connectivity index (χ1v) is 10.1. The largest absolute Gasteiger partial charge is 0.486 e. The van der Waals surface area contributed by atoms with Crippen molar-refractivity contribution in [1.29, 1.82) is 0 Å². The van der Waals surface area contributed by atoms with E-state index in [9.17, 15) is 4.79 Å². The number of nitrogens with one attached hydrogen (secondary N) is 2. The summed E-state index contributed by atoms with van der Waals surface area (Å²) in [7, 11) is 0. The van der Waals surface area contributed by atoms with Crippen molar-refractivity contribution >= 4 is 22.9 Å². The predicted molar refractivity (Wildman–Crippen MR) is 114 cm³/mol. The topological polar surface area (TPSA) is 63.2 Å². The number of benzene rings is 2. The van der Waals surface area contributed by atoms with Crippen molar-refractivity contribution in [3.63, 3.8) is 0 Å². The summed E-state index contributed by atoms with van der Waals surface area (Å²) in [6.45, 7) is 7.26. The van der Waals surface area contributed by atoms with Crippen molar-refractivity contribution in [2.75, 3.05) is 11.9 Å². The number of para-hydroxylation sites is 1. The lowest BCUT2D eigenvalue weighted by Crippen LogP contribution is -2.28. The number of aryl methyl sites for hydroxylation is 3. The maximum Gasteiger partial charge on any atom is 0.238 e. The molecule has 6 heteroatoms. The van der Waals surface area contributed by atoms with Crippen molar-refractivity contribution in [1.82, 2.24) is 10.3 Å². The predicted octanol–water partition coefficient (Wildman–Crippen LogP) is 4.38. The lowest BCUT2D eigenvalue weighted by Gasteiger charge is -2.11. The molecule has 0 aliphatic heterocycles. The van der Waals surface area contributed by atoms with Crippen molar-refractivity contribution in [2.24, 2.45) is 0 Å².